The fourth-order valence-corrected chi connectivity index (χ4v) is 3.78. The van der Waals surface area contributed by atoms with Crippen molar-refractivity contribution in [2.75, 3.05) is 0 Å². The van der Waals surface area contributed by atoms with E-state index in [0.717, 1.165) is 32.3 Å². The van der Waals surface area contributed by atoms with Crippen LogP contribution in [0.15, 0.2) is 45.6 Å². The zero-order valence-electron chi connectivity index (χ0n) is 12.6. The molecule has 114 valence electrons. The molecule has 1 aromatic carbocycles. The van der Waals surface area contributed by atoms with E-state index in [1.807, 2.05) is 43.5 Å². The van der Waals surface area contributed by atoms with E-state index >= 15 is 0 Å². The van der Waals surface area contributed by atoms with Crippen molar-refractivity contribution in [1.82, 2.24) is 15.1 Å². The maximum absolute atomic E-state index is 5.40. The predicted molar refractivity (Wildman–Crippen MR) is 93.6 cm³/mol. The lowest BCUT2D eigenvalue weighted by molar-refractivity contribution is 0.433. The molecule has 0 aliphatic carbocycles. The molecule has 3 heterocycles. The van der Waals surface area contributed by atoms with Crippen LogP contribution in [0.5, 0.6) is 0 Å². The first-order valence-corrected chi connectivity index (χ1v) is 8.88. The molecule has 0 saturated heterocycles. The summed E-state index contributed by atoms with van der Waals surface area (Å²) in [6.07, 6.45) is 0. The average Bonchev–Trinajstić information content (AvgIpc) is 3.28. The average molecular weight is 339 g/mol. The van der Waals surface area contributed by atoms with E-state index < -0.39 is 0 Å². The maximum atomic E-state index is 5.40. The summed E-state index contributed by atoms with van der Waals surface area (Å²) in [5.41, 5.74) is 4.18. The van der Waals surface area contributed by atoms with Crippen LogP contribution < -0.4 is 0 Å². The molecule has 0 unspecified atom stereocenters. The summed E-state index contributed by atoms with van der Waals surface area (Å²) < 4.78 is 5.40. The maximum Gasteiger partial charge on any atom is 0.268 e. The Labute approximate surface area is 141 Å². The predicted octanol–water partition coefficient (Wildman–Crippen LogP) is 5.21. The van der Waals surface area contributed by atoms with Crippen LogP contribution in [0.1, 0.15) is 10.6 Å². The topological polar surface area (TPSA) is 51.8 Å². The molecule has 0 N–H and O–H groups in total. The molecule has 0 aliphatic rings. The van der Waals surface area contributed by atoms with Crippen LogP contribution in [0.2, 0.25) is 0 Å². The Kier molecular flexibility index (Phi) is 3.55. The minimum Gasteiger partial charge on any atom is -0.333 e. The van der Waals surface area contributed by atoms with E-state index in [9.17, 15) is 0 Å². The summed E-state index contributed by atoms with van der Waals surface area (Å²) in [5, 5.41) is 9.26. The van der Waals surface area contributed by atoms with E-state index in [1.54, 1.807) is 22.7 Å². The second-order valence-electron chi connectivity index (χ2n) is 5.18. The second kappa shape index (κ2) is 5.72. The van der Waals surface area contributed by atoms with E-state index in [1.165, 1.54) is 0 Å². The van der Waals surface area contributed by atoms with E-state index in [4.69, 9.17) is 4.52 Å². The number of hydrogen-bond donors (Lipinski definition) is 0. The molecule has 0 saturated carbocycles. The molecular formula is C17H13N3OS2. The first-order chi connectivity index (χ1) is 11.2. The van der Waals surface area contributed by atoms with Crippen molar-refractivity contribution in [3.63, 3.8) is 0 Å². The lowest BCUT2D eigenvalue weighted by atomic mass is 10.1. The van der Waals surface area contributed by atoms with Gasteiger partial charge in [0.15, 0.2) is 0 Å². The number of thiazole rings is 1. The summed E-state index contributed by atoms with van der Waals surface area (Å²) >= 11 is 3.26. The molecular weight excluding hydrogens is 326 g/mol. The Morgan fingerprint density at radius 2 is 1.70 bits per heavy atom. The molecule has 4 nitrogen and oxygen atoms in total. The van der Waals surface area contributed by atoms with Gasteiger partial charge in [-0.05, 0) is 30.9 Å². The molecule has 0 spiro atoms. The molecule has 23 heavy (non-hydrogen) atoms. The van der Waals surface area contributed by atoms with Crippen LogP contribution in [0.4, 0.5) is 0 Å². The van der Waals surface area contributed by atoms with E-state index in [2.05, 4.69) is 26.6 Å². The quantitative estimate of drug-likeness (QED) is 0.514. The second-order valence-corrected chi connectivity index (χ2v) is 7.16. The van der Waals surface area contributed by atoms with Gasteiger partial charge in [-0.2, -0.15) is 4.98 Å². The molecule has 4 aromatic rings. The minimum absolute atomic E-state index is 0.576. The molecule has 3 aromatic heterocycles. The number of nitrogens with zero attached hydrogens (tertiary/aromatic N) is 3. The van der Waals surface area contributed by atoms with Gasteiger partial charge in [0.1, 0.15) is 0 Å². The molecule has 0 atom stereocenters. The molecule has 0 bridgehead atoms. The molecule has 6 heteroatoms. The zero-order valence-corrected chi connectivity index (χ0v) is 14.2. The Morgan fingerprint density at radius 1 is 0.913 bits per heavy atom. The molecule has 4 rings (SSSR count). The summed E-state index contributed by atoms with van der Waals surface area (Å²) in [4.78, 5) is 10.0. The Balaban J connectivity index is 1.64. The van der Waals surface area contributed by atoms with Gasteiger partial charge in [-0.3, -0.25) is 0 Å². The van der Waals surface area contributed by atoms with Crippen LogP contribution in [-0.4, -0.2) is 15.1 Å². The van der Waals surface area contributed by atoms with Gasteiger partial charge in [0.25, 0.3) is 5.89 Å². The highest BCUT2D eigenvalue weighted by atomic mass is 32.1. The molecule has 0 fully saturated rings. The Morgan fingerprint density at radius 3 is 2.35 bits per heavy atom. The van der Waals surface area contributed by atoms with Gasteiger partial charge < -0.3 is 4.52 Å². The van der Waals surface area contributed by atoms with Crippen molar-refractivity contribution in [2.24, 2.45) is 0 Å². The number of hydrogen-bond acceptors (Lipinski definition) is 6. The van der Waals surface area contributed by atoms with Gasteiger partial charge in [0.2, 0.25) is 5.82 Å². The van der Waals surface area contributed by atoms with E-state index in [-0.39, 0.29) is 0 Å². The fraction of sp³-hybridized carbons (Fsp3) is 0.118. The number of rotatable bonds is 3. The van der Waals surface area contributed by atoms with Gasteiger partial charge in [-0.25, -0.2) is 4.98 Å². The standard InChI is InChI=1S/C17H13N3OS2/c1-10-7-8-22-15(10)17-19-16(20-21-17)13-5-3-12(4-6-13)14-9-23-11(2)18-14/h3-9H,1-2H3. The van der Waals surface area contributed by atoms with Gasteiger partial charge in [0.05, 0.1) is 15.6 Å². The summed E-state index contributed by atoms with van der Waals surface area (Å²) in [5.74, 6) is 1.18. The van der Waals surface area contributed by atoms with Crippen molar-refractivity contribution < 1.29 is 4.52 Å². The van der Waals surface area contributed by atoms with Crippen molar-refractivity contribution in [3.8, 4) is 33.4 Å². The number of aryl methyl sites for hydroxylation is 2. The normalized spacial score (nSPS) is 11.0. The molecule has 0 aliphatic heterocycles. The molecule has 0 radical (unpaired) electrons. The van der Waals surface area contributed by atoms with Gasteiger partial charge in [0, 0.05) is 16.5 Å². The van der Waals surface area contributed by atoms with Gasteiger partial charge in [-0.1, -0.05) is 29.4 Å². The van der Waals surface area contributed by atoms with Crippen LogP contribution >= 0.6 is 22.7 Å². The van der Waals surface area contributed by atoms with Crippen molar-refractivity contribution in [2.45, 2.75) is 13.8 Å². The highest BCUT2D eigenvalue weighted by molar-refractivity contribution is 7.13. The van der Waals surface area contributed by atoms with E-state index in [0.29, 0.717) is 11.7 Å². The fourth-order valence-electron chi connectivity index (χ4n) is 2.31. The SMILES string of the molecule is Cc1nc(-c2ccc(-c3noc(-c4sccc4C)n3)cc2)cs1. The van der Waals surface area contributed by atoms with Gasteiger partial charge >= 0.3 is 0 Å². The zero-order chi connectivity index (χ0) is 15.8. The van der Waals surface area contributed by atoms with Crippen LogP contribution in [0.3, 0.4) is 0 Å². The number of thiophene rings is 1. The minimum atomic E-state index is 0.576. The summed E-state index contributed by atoms with van der Waals surface area (Å²) in [7, 11) is 0. The smallest absolute Gasteiger partial charge is 0.268 e. The van der Waals surface area contributed by atoms with Crippen molar-refractivity contribution in [3.05, 3.63) is 51.7 Å². The summed E-state index contributed by atoms with van der Waals surface area (Å²) in [6.45, 7) is 4.05. The molecule has 0 amide bonds. The summed E-state index contributed by atoms with van der Waals surface area (Å²) in [6, 6.07) is 10.1. The number of benzene rings is 1. The van der Waals surface area contributed by atoms with Crippen LogP contribution in [0.25, 0.3) is 33.4 Å². The highest BCUT2D eigenvalue weighted by Crippen LogP contribution is 2.30. The lowest BCUT2D eigenvalue weighted by Gasteiger charge is -1.98. The van der Waals surface area contributed by atoms with Gasteiger partial charge in [-0.15, -0.1) is 22.7 Å². The van der Waals surface area contributed by atoms with Crippen molar-refractivity contribution in [1.29, 1.82) is 0 Å². The monoisotopic (exact) mass is 339 g/mol. The Bertz CT molecular complexity index is 950. The lowest BCUT2D eigenvalue weighted by Crippen LogP contribution is -1.83. The van der Waals surface area contributed by atoms with Crippen molar-refractivity contribution >= 4 is 22.7 Å². The van der Waals surface area contributed by atoms with Crippen LogP contribution in [-0.2, 0) is 0 Å². The third-order valence-electron chi connectivity index (χ3n) is 3.54. The third kappa shape index (κ3) is 2.71. The first kappa shape index (κ1) is 14.3. The Hall–Kier alpha value is -2.31. The third-order valence-corrected chi connectivity index (χ3v) is 5.32. The van der Waals surface area contributed by atoms with Crippen LogP contribution in [0, 0.1) is 13.8 Å². The number of aromatic nitrogens is 3. The largest absolute Gasteiger partial charge is 0.333 e. The highest BCUT2D eigenvalue weighted by Gasteiger charge is 2.13. The first-order valence-electron chi connectivity index (χ1n) is 7.12.